The number of nitrogens with zero attached hydrogens (tertiary/aromatic N) is 2. The molecule has 2 aliphatic heterocycles. The van der Waals surface area contributed by atoms with Gasteiger partial charge in [-0.05, 0) is 91.9 Å². The Morgan fingerprint density at radius 2 is 2.07 bits per heavy atom. The van der Waals surface area contributed by atoms with Gasteiger partial charge in [-0.3, -0.25) is 4.79 Å². The summed E-state index contributed by atoms with van der Waals surface area (Å²) >= 11 is 7.98. The van der Waals surface area contributed by atoms with Crippen molar-refractivity contribution >= 4 is 51.9 Å². The van der Waals surface area contributed by atoms with E-state index in [1.165, 1.54) is 17.3 Å². The van der Waals surface area contributed by atoms with Crippen LogP contribution < -0.4 is 10.2 Å². The summed E-state index contributed by atoms with van der Waals surface area (Å²) in [6.45, 7) is 8.78. The standard InChI is InChI=1S/C24H26ClN3OS/c1-14-7-6-8-17(9-14)26-23-27-22(29)21(30-23)11-16-10-18-15(2)13-24(3,4)28(5)20(18)12-19(16)25/h6-12,15H,13H2,1-5H3,(H,26,27,29)/b21-11-. The van der Waals surface area contributed by atoms with Gasteiger partial charge in [0.05, 0.1) is 10.6 Å². The van der Waals surface area contributed by atoms with Crippen LogP contribution in [0.1, 0.15) is 49.8 Å². The molecule has 0 aliphatic carbocycles. The number of amides is 1. The van der Waals surface area contributed by atoms with Gasteiger partial charge in [0.1, 0.15) is 0 Å². The molecule has 2 heterocycles. The number of aryl methyl sites for hydroxylation is 1. The van der Waals surface area contributed by atoms with Gasteiger partial charge >= 0.3 is 0 Å². The molecule has 2 aliphatic rings. The Bertz CT molecular complexity index is 1090. The molecule has 1 amide bonds. The van der Waals surface area contributed by atoms with Crippen LogP contribution in [0.25, 0.3) is 6.08 Å². The number of anilines is 1. The summed E-state index contributed by atoms with van der Waals surface area (Å²) < 4.78 is 0. The highest BCUT2D eigenvalue weighted by Gasteiger charge is 2.34. The minimum absolute atomic E-state index is 0.0814. The highest BCUT2D eigenvalue weighted by atomic mass is 35.5. The maximum atomic E-state index is 12.5. The van der Waals surface area contributed by atoms with Gasteiger partial charge in [-0.25, -0.2) is 4.99 Å². The Kier molecular flexibility index (Phi) is 5.45. The van der Waals surface area contributed by atoms with Crippen molar-refractivity contribution in [2.45, 2.75) is 45.6 Å². The van der Waals surface area contributed by atoms with Crippen molar-refractivity contribution in [3.8, 4) is 0 Å². The van der Waals surface area contributed by atoms with Crippen molar-refractivity contribution in [3.63, 3.8) is 0 Å². The van der Waals surface area contributed by atoms with E-state index in [1.54, 1.807) is 0 Å². The van der Waals surface area contributed by atoms with Gasteiger partial charge < -0.3 is 10.2 Å². The Morgan fingerprint density at radius 1 is 1.30 bits per heavy atom. The Labute approximate surface area is 187 Å². The number of aliphatic imine (C=N–C) groups is 1. The first-order valence-electron chi connectivity index (χ1n) is 10.1. The quantitative estimate of drug-likeness (QED) is 0.561. The Morgan fingerprint density at radius 3 is 2.80 bits per heavy atom. The predicted molar refractivity (Wildman–Crippen MR) is 129 cm³/mol. The summed E-state index contributed by atoms with van der Waals surface area (Å²) in [7, 11) is 2.12. The summed E-state index contributed by atoms with van der Waals surface area (Å²) in [5.41, 5.74) is 5.33. The summed E-state index contributed by atoms with van der Waals surface area (Å²) in [5.74, 6) is 0.274. The molecular weight excluding hydrogens is 414 g/mol. The van der Waals surface area contributed by atoms with Crippen LogP contribution in [-0.4, -0.2) is 23.7 Å². The SMILES string of the molecule is Cc1cccc(N=C2NC(=O)/C(=C/c3cc4c(cc3Cl)N(C)C(C)(C)CC4C)S2)c1. The van der Waals surface area contributed by atoms with E-state index < -0.39 is 0 Å². The monoisotopic (exact) mass is 439 g/mol. The van der Waals surface area contributed by atoms with Gasteiger partial charge in [0.2, 0.25) is 0 Å². The lowest BCUT2D eigenvalue weighted by molar-refractivity contribution is -0.115. The average molecular weight is 440 g/mol. The number of hydrogen-bond donors (Lipinski definition) is 1. The number of amidine groups is 1. The van der Waals surface area contributed by atoms with Gasteiger partial charge in [0.15, 0.2) is 5.17 Å². The lowest BCUT2D eigenvalue weighted by Crippen LogP contribution is -2.45. The summed E-state index contributed by atoms with van der Waals surface area (Å²) in [5, 5.41) is 4.09. The highest BCUT2D eigenvalue weighted by Crippen LogP contribution is 2.45. The lowest BCUT2D eigenvalue weighted by Gasteiger charge is -2.45. The average Bonchev–Trinajstić information content (AvgIpc) is 2.99. The van der Waals surface area contributed by atoms with Crippen LogP contribution in [0.5, 0.6) is 0 Å². The van der Waals surface area contributed by atoms with Crippen molar-refractivity contribution in [2.24, 2.45) is 4.99 Å². The van der Waals surface area contributed by atoms with Gasteiger partial charge in [-0.1, -0.05) is 30.7 Å². The molecule has 1 atom stereocenters. The van der Waals surface area contributed by atoms with Crippen molar-refractivity contribution in [2.75, 3.05) is 11.9 Å². The van der Waals surface area contributed by atoms with Gasteiger partial charge in [-0.15, -0.1) is 0 Å². The third-order valence-electron chi connectivity index (χ3n) is 5.92. The van der Waals surface area contributed by atoms with Crippen LogP contribution in [0.3, 0.4) is 0 Å². The smallest absolute Gasteiger partial charge is 0.264 e. The third kappa shape index (κ3) is 4.01. The molecule has 0 bridgehead atoms. The van der Waals surface area contributed by atoms with Crippen molar-refractivity contribution in [1.29, 1.82) is 0 Å². The number of carbonyl (C=O) groups is 1. The molecule has 0 spiro atoms. The van der Waals surface area contributed by atoms with Crippen molar-refractivity contribution in [1.82, 2.24) is 5.32 Å². The first-order chi connectivity index (χ1) is 14.1. The van der Waals surface area contributed by atoms with E-state index in [-0.39, 0.29) is 11.4 Å². The zero-order chi connectivity index (χ0) is 21.6. The summed E-state index contributed by atoms with van der Waals surface area (Å²) in [4.78, 5) is 20.0. The summed E-state index contributed by atoms with van der Waals surface area (Å²) in [6.07, 6.45) is 2.94. The third-order valence-corrected chi connectivity index (χ3v) is 7.16. The van der Waals surface area contributed by atoms with Gasteiger partial charge in [0, 0.05) is 23.3 Å². The van der Waals surface area contributed by atoms with E-state index in [1.807, 2.05) is 43.3 Å². The molecule has 4 rings (SSSR count). The maximum Gasteiger partial charge on any atom is 0.264 e. The number of hydrogen-bond acceptors (Lipinski definition) is 4. The molecule has 0 saturated carbocycles. The van der Waals surface area contributed by atoms with Crippen molar-refractivity contribution in [3.05, 3.63) is 63.0 Å². The fraction of sp³-hybridized carbons (Fsp3) is 0.333. The van der Waals surface area contributed by atoms with E-state index in [9.17, 15) is 4.79 Å². The fourth-order valence-electron chi connectivity index (χ4n) is 4.15. The zero-order valence-electron chi connectivity index (χ0n) is 17.9. The molecule has 30 heavy (non-hydrogen) atoms. The zero-order valence-corrected chi connectivity index (χ0v) is 19.5. The van der Waals surface area contributed by atoms with E-state index in [0.717, 1.165) is 28.9 Å². The molecule has 2 aromatic rings. The minimum Gasteiger partial charge on any atom is -0.369 e. The number of rotatable bonds is 2. The second kappa shape index (κ2) is 7.78. The fourth-order valence-corrected chi connectivity index (χ4v) is 5.20. The van der Waals surface area contributed by atoms with Crippen LogP contribution in [0.4, 0.5) is 11.4 Å². The van der Waals surface area contributed by atoms with Gasteiger partial charge in [-0.2, -0.15) is 0 Å². The minimum atomic E-state index is -0.147. The molecule has 1 N–H and O–H groups in total. The van der Waals surface area contributed by atoms with Crippen LogP contribution in [0.2, 0.25) is 5.02 Å². The number of benzene rings is 2. The van der Waals surface area contributed by atoms with E-state index in [4.69, 9.17) is 11.6 Å². The number of carbonyl (C=O) groups excluding carboxylic acids is 1. The van der Waals surface area contributed by atoms with E-state index in [0.29, 0.717) is 21.0 Å². The molecule has 156 valence electrons. The second-order valence-electron chi connectivity index (χ2n) is 8.73. The van der Waals surface area contributed by atoms with E-state index >= 15 is 0 Å². The highest BCUT2D eigenvalue weighted by molar-refractivity contribution is 8.18. The lowest BCUT2D eigenvalue weighted by atomic mass is 9.80. The number of halogens is 1. The van der Waals surface area contributed by atoms with Gasteiger partial charge in [0.25, 0.3) is 5.91 Å². The molecule has 1 saturated heterocycles. The first-order valence-corrected chi connectivity index (χ1v) is 11.3. The number of nitrogens with one attached hydrogen (secondary N) is 1. The van der Waals surface area contributed by atoms with Crippen LogP contribution in [-0.2, 0) is 4.79 Å². The predicted octanol–water partition coefficient (Wildman–Crippen LogP) is 6.26. The van der Waals surface area contributed by atoms with E-state index in [2.05, 4.69) is 49.1 Å². The largest absolute Gasteiger partial charge is 0.369 e. The molecular formula is C24H26ClN3OS. The molecule has 0 radical (unpaired) electrons. The normalized spacial score (nSPS) is 23.1. The topological polar surface area (TPSA) is 44.7 Å². The molecule has 6 heteroatoms. The Hall–Kier alpha value is -2.24. The summed E-state index contributed by atoms with van der Waals surface area (Å²) in [6, 6.07) is 12.0. The second-order valence-corrected chi connectivity index (χ2v) is 10.2. The first kappa shape index (κ1) is 21.0. The molecule has 0 aromatic heterocycles. The maximum absolute atomic E-state index is 12.5. The van der Waals surface area contributed by atoms with Crippen LogP contribution in [0.15, 0.2) is 46.3 Å². The number of thioether (sulfide) groups is 1. The molecule has 2 aromatic carbocycles. The van der Waals surface area contributed by atoms with Crippen LogP contribution in [0, 0.1) is 6.92 Å². The molecule has 4 nitrogen and oxygen atoms in total. The molecule has 1 fully saturated rings. The Balaban J connectivity index is 1.66. The molecule has 1 unspecified atom stereocenters. The van der Waals surface area contributed by atoms with Crippen LogP contribution >= 0.6 is 23.4 Å². The number of fused-ring (bicyclic) bond motifs is 1. The van der Waals surface area contributed by atoms with Crippen molar-refractivity contribution < 1.29 is 4.79 Å².